The lowest BCUT2D eigenvalue weighted by Crippen LogP contribution is -2.49. The van der Waals surface area contributed by atoms with Crippen LogP contribution in [-0.4, -0.2) is 51.2 Å². The average molecular weight is 408 g/mol. The van der Waals surface area contributed by atoms with Crippen molar-refractivity contribution in [2.45, 2.75) is 12.6 Å². The number of rotatable bonds is 5. The molecule has 1 fully saturated rings. The minimum atomic E-state index is -4.37. The van der Waals surface area contributed by atoms with Crippen LogP contribution in [0, 0.1) is 0 Å². The predicted octanol–water partition coefficient (Wildman–Crippen LogP) is 3.61. The molecule has 0 atom stereocenters. The molecule has 1 heterocycles. The molecule has 2 aromatic rings. The van der Waals surface area contributed by atoms with Gasteiger partial charge >= 0.3 is 6.18 Å². The molecule has 1 aliphatic heterocycles. The molecule has 29 heavy (non-hydrogen) atoms. The van der Waals surface area contributed by atoms with Crippen LogP contribution in [0.3, 0.4) is 0 Å². The van der Waals surface area contributed by atoms with Gasteiger partial charge in [0.2, 0.25) is 5.91 Å². The monoisotopic (exact) mass is 408 g/mol. The van der Waals surface area contributed by atoms with Gasteiger partial charge in [-0.1, -0.05) is 12.1 Å². The molecule has 0 bridgehead atoms. The Kier molecular flexibility index (Phi) is 6.20. The van der Waals surface area contributed by atoms with Crippen molar-refractivity contribution in [3.8, 4) is 11.5 Å². The number of amides is 1. The topological polar surface area (TPSA) is 42.0 Å². The fourth-order valence-electron chi connectivity index (χ4n) is 3.37. The summed E-state index contributed by atoms with van der Waals surface area (Å²) in [4.78, 5) is 16.3. The van der Waals surface area contributed by atoms with Crippen LogP contribution in [0.2, 0.25) is 0 Å². The van der Waals surface area contributed by atoms with Crippen molar-refractivity contribution in [3.05, 3.63) is 53.6 Å². The molecule has 1 amide bonds. The van der Waals surface area contributed by atoms with E-state index in [9.17, 15) is 18.0 Å². The maximum atomic E-state index is 12.9. The van der Waals surface area contributed by atoms with E-state index in [0.717, 1.165) is 17.7 Å². The van der Waals surface area contributed by atoms with Crippen LogP contribution in [0.5, 0.6) is 11.5 Å². The zero-order chi connectivity index (χ0) is 21.0. The summed E-state index contributed by atoms with van der Waals surface area (Å²) < 4.78 is 49.3. The van der Waals surface area contributed by atoms with Crippen molar-refractivity contribution < 1.29 is 27.4 Å². The van der Waals surface area contributed by atoms with Gasteiger partial charge in [0, 0.05) is 43.5 Å². The quantitative estimate of drug-likeness (QED) is 0.758. The Labute approximate surface area is 167 Å². The summed E-state index contributed by atoms with van der Waals surface area (Å²) in [7, 11) is 3.10. The van der Waals surface area contributed by atoms with E-state index in [1.54, 1.807) is 36.3 Å². The standard InChI is InChI=1S/C21H23F3N2O3/c1-28-18-7-6-15(19(14-18)29-2)12-20(27)26-10-8-25(9-11-26)17-5-3-4-16(13-17)21(22,23)24/h3-7,13-14H,8-12H2,1-2H3. The van der Waals surface area contributed by atoms with Crippen molar-refractivity contribution in [3.63, 3.8) is 0 Å². The van der Waals surface area contributed by atoms with Crippen LogP contribution >= 0.6 is 0 Å². The lowest BCUT2D eigenvalue weighted by Gasteiger charge is -2.36. The van der Waals surface area contributed by atoms with E-state index in [0.29, 0.717) is 43.4 Å². The van der Waals surface area contributed by atoms with E-state index in [1.165, 1.54) is 13.2 Å². The second-order valence-corrected chi connectivity index (χ2v) is 6.77. The number of ether oxygens (including phenoxy) is 2. The molecular weight excluding hydrogens is 385 g/mol. The van der Waals surface area contributed by atoms with Gasteiger partial charge in [-0.2, -0.15) is 13.2 Å². The molecule has 0 aliphatic carbocycles. The first kappa shape index (κ1) is 20.8. The Morgan fingerprint density at radius 1 is 1.00 bits per heavy atom. The number of methoxy groups -OCH3 is 2. The Balaban J connectivity index is 1.62. The molecule has 0 aromatic heterocycles. The van der Waals surface area contributed by atoms with Gasteiger partial charge in [0.05, 0.1) is 26.2 Å². The van der Waals surface area contributed by atoms with E-state index < -0.39 is 11.7 Å². The lowest BCUT2D eigenvalue weighted by atomic mass is 10.1. The summed E-state index contributed by atoms with van der Waals surface area (Å²) >= 11 is 0. The molecule has 5 nitrogen and oxygen atoms in total. The third kappa shape index (κ3) is 4.93. The molecule has 8 heteroatoms. The Morgan fingerprint density at radius 3 is 2.34 bits per heavy atom. The van der Waals surface area contributed by atoms with E-state index in [4.69, 9.17) is 9.47 Å². The van der Waals surface area contributed by atoms with Crippen LogP contribution in [-0.2, 0) is 17.4 Å². The number of anilines is 1. The van der Waals surface area contributed by atoms with Gasteiger partial charge < -0.3 is 19.3 Å². The number of halogens is 3. The zero-order valence-electron chi connectivity index (χ0n) is 16.3. The third-order valence-corrected chi connectivity index (χ3v) is 5.01. The molecule has 0 unspecified atom stereocenters. The number of hydrogen-bond acceptors (Lipinski definition) is 4. The number of piperazine rings is 1. The van der Waals surface area contributed by atoms with Crippen LogP contribution in [0.4, 0.5) is 18.9 Å². The van der Waals surface area contributed by atoms with Gasteiger partial charge in [0.1, 0.15) is 11.5 Å². The molecule has 0 radical (unpaired) electrons. The number of carbonyl (C=O) groups is 1. The molecule has 0 saturated carbocycles. The Hall–Kier alpha value is -2.90. The minimum Gasteiger partial charge on any atom is -0.497 e. The number of carbonyl (C=O) groups excluding carboxylic acids is 1. The first-order valence-electron chi connectivity index (χ1n) is 9.22. The van der Waals surface area contributed by atoms with E-state index in [-0.39, 0.29) is 12.3 Å². The molecule has 0 spiro atoms. The maximum absolute atomic E-state index is 12.9. The van der Waals surface area contributed by atoms with Crippen molar-refractivity contribution in [1.82, 2.24) is 4.90 Å². The largest absolute Gasteiger partial charge is 0.497 e. The molecule has 1 saturated heterocycles. The molecule has 156 valence electrons. The lowest BCUT2D eigenvalue weighted by molar-refractivity contribution is -0.137. The highest BCUT2D eigenvalue weighted by atomic mass is 19.4. The summed E-state index contributed by atoms with van der Waals surface area (Å²) in [6.07, 6.45) is -4.18. The molecule has 2 aromatic carbocycles. The summed E-state index contributed by atoms with van der Waals surface area (Å²) in [5, 5.41) is 0. The molecule has 3 rings (SSSR count). The van der Waals surface area contributed by atoms with Crippen molar-refractivity contribution in [1.29, 1.82) is 0 Å². The van der Waals surface area contributed by atoms with Crippen LogP contribution in [0.15, 0.2) is 42.5 Å². The number of hydrogen-bond donors (Lipinski definition) is 0. The van der Waals surface area contributed by atoms with E-state index >= 15 is 0 Å². The average Bonchev–Trinajstić information content (AvgIpc) is 2.73. The van der Waals surface area contributed by atoms with E-state index in [1.807, 2.05) is 4.90 Å². The molecule has 1 aliphatic rings. The van der Waals surface area contributed by atoms with Crippen molar-refractivity contribution in [2.75, 3.05) is 45.3 Å². The van der Waals surface area contributed by atoms with Crippen LogP contribution in [0.1, 0.15) is 11.1 Å². The van der Waals surface area contributed by atoms with Gasteiger partial charge in [0.25, 0.3) is 0 Å². The summed E-state index contributed by atoms with van der Waals surface area (Å²) in [5.41, 5.74) is 0.613. The number of benzene rings is 2. The minimum absolute atomic E-state index is 0.0443. The summed E-state index contributed by atoms with van der Waals surface area (Å²) in [6, 6.07) is 10.6. The van der Waals surface area contributed by atoms with Crippen molar-refractivity contribution >= 4 is 11.6 Å². The maximum Gasteiger partial charge on any atom is 0.416 e. The van der Waals surface area contributed by atoms with Gasteiger partial charge in [-0.25, -0.2) is 0 Å². The Morgan fingerprint density at radius 2 is 1.72 bits per heavy atom. The third-order valence-electron chi connectivity index (χ3n) is 5.01. The summed E-state index contributed by atoms with van der Waals surface area (Å²) in [5.74, 6) is 1.19. The highest BCUT2D eigenvalue weighted by molar-refractivity contribution is 5.80. The first-order valence-corrected chi connectivity index (χ1v) is 9.22. The summed E-state index contributed by atoms with van der Waals surface area (Å²) in [6.45, 7) is 1.86. The Bertz CT molecular complexity index is 862. The molecule has 0 N–H and O–H groups in total. The fourth-order valence-corrected chi connectivity index (χ4v) is 3.37. The van der Waals surface area contributed by atoms with Gasteiger partial charge in [0.15, 0.2) is 0 Å². The zero-order valence-corrected chi connectivity index (χ0v) is 16.3. The smallest absolute Gasteiger partial charge is 0.416 e. The molecular formula is C21H23F3N2O3. The SMILES string of the molecule is COc1ccc(CC(=O)N2CCN(c3cccc(C(F)(F)F)c3)CC2)c(OC)c1. The number of nitrogens with zero attached hydrogens (tertiary/aromatic N) is 2. The normalized spacial score (nSPS) is 14.7. The number of alkyl halides is 3. The van der Waals surface area contributed by atoms with Crippen LogP contribution in [0.25, 0.3) is 0 Å². The van der Waals surface area contributed by atoms with Crippen LogP contribution < -0.4 is 14.4 Å². The second kappa shape index (κ2) is 8.63. The van der Waals surface area contributed by atoms with Gasteiger partial charge in [-0.05, 0) is 24.3 Å². The fraction of sp³-hybridized carbons (Fsp3) is 0.381. The van der Waals surface area contributed by atoms with Gasteiger partial charge in [-0.3, -0.25) is 4.79 Å². The highest BCUT2D eigenvalue weighted by Gasteiger charge is 2.31. The van der Waals surface area contributed by atoms with Gasteiger partial charge in [-0.15, -0.1) is 0 Å². The predicted molar refractivity (Wildman–Crippen MR) is 103 cm³/mol. The van der Waals surface area contributed by atoms with E-state index in [2.05, 4.69) is 0 Å². The van der Waals surface area contributed by atoms with Crippen molar-refractivity contribution in [2.24, 2.45) is 0 Å². The highest BCUT2D eigenvalue weighted by Crippen LogP contribution is 2.32. The first-order chi connectivity index (χ1) is 13.8. The second-order valence-electron chi connectivity index (χ2n) is 6.77.